The van der Waals surface area contributed by atoms with Crippen molar-refractivity contribution in [2.24, 2.45) is 0 Å². The molecule has 7 nitrogen and oxygen atoms in total. The highest BCUT2D eigenvalue weighted by atomic mass is 35.5. The lowest BCUT2D eigenvalue weighted by atomic mass is 10.1. The first-order valence-corrected chi connectivity index (χ1v) is 9.91. The van der Waals surface area contributed by atoms with Gasteiger partial charge in [0.1, 0.15) is 17.7 Å². The number of rotatable bonds is 4. The Morgan fingerprint density at radius 1 is 1.13 bits per heavy atom. The maximum Gasteiger partial charge on any atom is 0.266 e. The molecule has 3 heterocycles. The predicted octanol–water partition coefficient (Wildman–Crippen LogP) is 4.62. The zero-order valence-electron chi connectivity index (χ0n) is 16.3. The molecule has 31 heavy (non-hydrogen) atoms. The Morgan fingerprint density at radius 2 is 1.94 bits per heavy atom. The van der Waals surface area contributed by atoms with E-state index in [1.807, 2.05) is 6.92 Å². The zero-order chi connectivity index (χ0) is 21.5. The van der Waals surface area contributed by atoms with E-state index in [9.17, 15) is 9.18 Å². The van der Waals surface area contributed by atoms with E-state index >= 15 is 0 Å². The van der Waals surface area contributed by atoms with Crippen molar-refractivity contribution in [1.82, 2.24) is 24.5 Å². The van der Waals surface area contributed by atoms with Gasteiger partial charge in [-0.1, -0.05) is 23.7 Å². The summed E-state index contributed by atoms with van der Waals surface area (Å²) in [6.07, 6.45) is 2.96. The number of nitrogens with one attached hydrogen (secondary N) is 2. The van der Waals surface area contributed by atoms with Crippen molar-refractivity contribution in [3.05, 3.63) is 88.1 Å². The van der Waals surface area contributed by atoms with Gasteiger partial charge in [-0.25, -0.2) is 19.3 Å². The number of fused-ring (bicyclic) bond motifs is 2. The van der Waals surface area contributed by atoms with Crippen LogP contribution in [0.15, 0.2) is 66.0 Å². The van der Waals surface area contributed by atoms with Crippen LogP contribution < -0.4 is 10.9 Å². The van der Waals surface area contributed by atoms with Gasteiger partial charge in [0.15, 0.2) is 11.5 Å². The van der Waals surface area contributed by atoms with Gasteiger partial charge in [0.25, 0.3) is 5.56 Å². The van der Waals surface area contributed by atoms with Crippen molar-refractivity contribution in [2.45, 2.75) is 13.0 Å². The topological polar surface area (TPSA) is 88.5 Å². The molecule has 1 atom stereocenters. The van der Waals surface area contributed by atoms with E-state index in [-0.39, 0.29) is 11.4 Å². The quantitative estimate of drug-likeness (QED) is 0.431. The molecule has 0 amide bonds. The van der Waals surface area contributed by atoms with Gasteiger partial charge in [0.2, 0.25) is 0 Å². The fourth-order valence-electron chi connectivity index (χ4n) is 3.67. The molecule has 0 aliphatic heterocycles. The van der Waals surface area contributed by atoms with E-state index in [0.29, 0.717) is 38.8 Å². The molecule has 0 aliphatic carbocycles. The Morgan fingerprint density at radius 3 is 2.74 bits per heavy atom. The normalized spacial score (nSPS) is 12.4. The van der Waals surface area contributed by atoms with Crippen molar-refractivity contribution in [2.75, 3.05) is 5.32 Å². The van der Waals surface area contributed by atoms with Gasteiger partial charge in [-0.15, -0.1) is 0 Å². The van der Waals surface area contributed by atoms with Crippen LogP contribution in [-0.4, -0.2) is 24.5 Å². The average molecular weight is 435 g/mol. The van der Waals surface area contributed by atoms with Gasteiger partial charge in [-0.2, -0.15) is 0 Å². The third-order valence-corrected chi connectivity index (χ3v) is 5.38. The van der Waals surface area contributed by atoms with Gasteiger partial charge in [-0.05, 0) is 48.7 Å². The second-order valence-corrected chi connectivity index (χ2v) is 7.52. The summed E-state index contributed by atoms with van der Waals surface area (Å²) in [4.78, 5) is 29.0. The van der Waals surface area contributed by atoms with Crippen LogP contribution in [0.3, 0.4) is 0 Å². The van der Waals surface area contributed by atoms with Crippen LogP contribution >= 0.6 is 11.6 Å². The number of nitrogens with zero attached hydrogens (tertiary/aromatic N) is 4. The number of H-pyrrole nitrogens is 1. The molecule has 0 unspecified atom stereocenters. The lowest BCUT2D eigenvalue weighted by Gasteiger charge is -2.21. The van der Waals surface area contributed by atoms with E-state index < -0.39 is 11.4 Å². The standard InChI is InChI=1S/C22H16ClFN6O/c1-12(29-21-19-20(26-10-25-19)27-11-28-21)17-9-13-3-2-4-16(24)18(13)22(31)30(17)15-7-5-14(23)6-8-15/h2-12H,1H3,(H2,25,26,27,28,29)/t12-/m1/s1. The Hall–Kier alpha value is -3.78. The summed E-state index contributed by atoms with van der Waals surface area (Å²) in [6, 6.07) is 12.9. The second-order valence-electron chi connectivity index (χ2n) is 7.08. The van der Waals surface area contributed by atoms with Crippen LogP contribution in [0.2, 0.25) is 5.02 Å². The number of imidazole rings is 1. The monoisotopic (exact) mass is 434 g/mol. The van der Waals surface area contributed by atoms with Gasteiger partial charge in [0.05, 0.1) is 17.8 Å². The molecule has 0 radical (unpaired) electrons. The van der Waals surface area contributed by atoms with Crippen LogP contribution in [0.1, 0.15) is 18.7 Å². The summed E-state index contributed by atoms with van der Waals surface area (Å²) in [5.41, 5.74) is 1.95. The highest BCUT2D eigenvalue weighted by molar-refractivity contribution is 6.30. The number of hydrogen-bond acceptors (Lipinski definition) is 5. The van der Waals surface area contributed by atoms with E-state index in [1.54, 1.807) is 42.5 Å². The fourth-order valence-corrected chi connectivity index (χ4v) is 3.79. The molecule has 0 bridgehead atoms. The first kappa shape index (κ1) is 19.2. The third-order valence-electron chi connectivity index (χ3n) is 5.13. The number of benzene rings is 2. The van der Waals surface area contributed by atoms with E-state index in [1.165, 1.54) is 23.3 Å². The van der Waals surface area contributed by atoms with Crippen molar-refractivity contribution < 1.29 is 4.39 Å². The molecular formula is C22H16ClFN6O. The molecule has 3 aromatic heterocycles. The van der Waals surface area contributed by atoms with E-state index in [0.717, 1.165) is 0 Å². The Balaban J connectivity index is 1.71. The molecule has 0 saturated carbocycles. The maximum absolute atomic E-state index is 14.5. The molecule has 2 aromatic carbocycles. The molecule has 154 valence electrons. The highest BCUT2D eigenvalue weighted by Gasteiger charge is 2.19. The SMILES string of the molecule is C[C@@H](Nc1ncnc2nc[nH]c12)c1cc2cccc(F)c2c(=O)n1-c1ccc(Cl)cc1. The minimum Gasteiger partial charge on any atom is -0.360 e. The second kappa shape index (κ2) is 7.48. The summed E-state index contributed by atoms with van der Waals surface area (Å²) in [6.45, 7) is 1.90. The largest absolute Gasteiger partial charge is 0.360 e. The summed E-state index contributed by atoms with van der Waals surface area (Å²) in [5, 5.41) is 4.41. The molecule has 0 fully saturated rings. The first-order valence-electron chi connectivity index (χ1n) is 9.53. The third kappa shape index (κ3) is 3.30. The summed E-state index contributed by atoms with van der Waals surface area (Å²) in [5.74, 6) is -0.0169. The number of pyridine rings is 1. The number of halogens is 2. The van der Waals surface area contributed by atoms with Gasteiger partial charge in [0, 0.05) is 16.4 Å². The molecule has 0 spiro atoms. The molecule has 0 aliphatic rings. The number of aromatic nitrogens is 5. The predicted molar refractivity (Wildman–Crippen MR) is 118 cm³/mol. The van der Waals surface area contributed by atoms with Crippen LogP contribution in [0.25, 0.3) is 27.6 Å². The van der Waals surface area contributed by atoms with Crippen LogP contribution in [0.4, 0.5) is 10.2 Å². The van der Waals surface area contributed by atoms with E-state index in [2.05, 4.69) is 25.3 Å². The smallest absolute Gasteiger partial charge is 0.266 e. The molecule has 9 heteroatoms. The van der Waals surface area contributed by atoms with Crippen molar-refractivity contribution in [3.8, 4) is 5.69 Å². The molecule has 0 saturated heterocycles. The fraction of sp³-hybridized carbons (Fsp3) is 0.0909. The Bertz CT molecular complexity index is 1480. The molecule has 2 N–H and O–H groups in total. The van der Waals surface area contributed by atoms with Crippen LogP contribution in [-0.2, 0) is 0 Å². The lowest BCUT2D eigenvalue weighted by molar-refractivity contribution is 0.637. The van der Waals surface area contributed by atoms with Crippen LogP contribution in [0.5, 0.6) is 0 Å². The highest BCUT2D eigenvalue weighted by Crippen LogP contribution is 2.26. The van der Waals surface area contributed by atoms with Crippen molar-refractivity contribution in [3.63, 3.8) is 0 Å². The molecule has 5 aromatic rings. The number of anilines is 1. The van der Waals surface area contributed by atoms with E-state index in [4.69, 9.17) is 11.6 Å². The summed E-state index contributed by atoms with van der Waals surface area (Å²) >= 11 is 6.03. The first-order chi connectivity index (χ1) is 15.0. The zero-order valence-corrected chi connectivity index (χ0v) is 17.1. The number of aromatic amines is 1. The summed E-state index contributed by atoms with van der Waals surface area (Å²) in [7, 11) is 0. The Kier molecular flexibility index (Phi) is 4.63. The van der Waals surface area contributed by atoms with Crippen molar-refractivity contribution >= 4 is 39.4 Å². The maximum atomic E-state index is 14.5. The number of hydrogen-bond donors (Lipinski definition) is 2. The Labute approximate surface area is 180 Å². The molecule has 5 rings (SSSR count). The van der Waals surface area contributed by atoms with Crippen LogP contribution in [0, 0.1) is 5.82 Å². The average Bonchev–Trinajstić information content (AvgIpc) is 3.24. The van der Waals surface area contributed by atoms with Gasteiger partial charge in [-0.3, -0.25) is 9.36 Å². The summed E-state index contributed by atoms with van der Waals surface area (Å²) < 4.78 is 16.0. The van der Waals surface area contributed by atoms with Gasteiger partial charge >= 0.3 is 0 Å². The minimum absolute atomic E-state index is 0.0337. The molecular weight excluding hydrogens is 419 g/mol. The van der Waals surface area contributed by atoms with Gasteiger partial charge < -0.3 is 10.3 Å². The minimum atomic E-state index is -0.563. The van der Waals surface area contributed by atoms with Crippen molar-refractivity contribution in [1.29, 1.82) is 0 Å². The lowest BCUT2D eigenvalue weighted by Crippen LogP contribution is -2.26.